The lowest BCUT2D eigenvalue weighted by atomic mass is 10.3. The summed E-state index contributed by atoms with van der Waals surface area (Å²) in [5, 5.41) is 0. The van der Waals surface area contributed by atoms with E-state index in [1.54, 1.807) is 13.1 Å². The summed E-state index contributed by atoms with van der Waals surface area (Å²) in [5.41, 5.74) is 0. The van der Waals surface area contributed by atoms with E-state index in [0.29, 0.717) is 24.6 Å². The molecule has 22 heavy (non-hydrogen) atoms. The molecule has 0 aromatic heterocycles. The summed E-state index contributed by atoms with van der Waals surface area (Å²) < 4.78 is 36.9. The Kier molecular flexibility index (Phi) is 7.12. The molecule has 7 heteroatoms. The van der Waals surface area contributed by atoms with Crippen LogP contribution < -0.4 is 9.47 Å². The van der Waals surface area contributed by atoms with Gasteiger partial charge in [-0.05, 0) is 25.2 Å². The van der Waals surface area contributed by atoms with Gasteiger partial charge in [0.05, 0.1) is 19.1 Å². The van der Waals surface area contributed by atoms with Crippen LogP contribution in [0.25, 0.3) is 0 Å². The maximum absolute atomic E-state index is 12.6. The highest BCUT2D eigenvalue weighted by molar-refractivity contribution is 7.89. The number of sulfonamides is 1. The summed E-state index contributed by atoms with van der Waals surface area (Å²) in [6.07, 6.45) is 0. The average Bonchev–Trinajstić information content (AvgIpc) is 2.54. The first kappa shape index (κ1) is 18.7. The third kappa shape index (κ3) is 4.34. The predicted octanol–water partition coefficient (Wildman–Crippen LogP) is 1.67. The zero-order valence-corrected chi connectivity index (χ0v) is 14.8. The molecule has 6 nitrogen and oxygen atoms in total. The normalized spacial score (nSPS) is 12.0. The van der Waals surface area contributed by atoms with Crippen LogP contribution in [0, 0.1) is 0 Å². The average molecular weight is 330 g/mol. The van der Waals surface area contributed by atoms with Crippen molar-refractivity contribution in [2.75, 3.05) is 47.4 Å². The molecule has 0 radical (unpaired) electrons. The summed E-state index contributed by atoms with van der Waals surface area (Å²) in [5.74, 6) is 0.910. The molecule has 1 rings (SSSR count). The largest absolute Gasteiger partial charge is 0.493 e. The molecule has 0 heterocycles. The molecule has 126 valence electrons. The first-order valence-corrected chi connectivity index (χ1v) is 8.75. The van der Waals surface area contributed by atoms with Crippen LogP contribution in [0.15, 0.2) is 23.1 Å². The first-order chi connectivity index (χ1) is 10.4. The first-order valence-electron chi connectivity index (χ1n) is 7.31. The van der Waals surface area contributed by atoms with Crippen LogP contribution in [0.4, 0.5) is 0 Å². The second kappa shape index (κ2) is 8.36. The van der Waals surface area contributed by atoms with Crippen molar-refractivity contribution in [1.29, 1.82) is 0 Å². The van der Waals surface area contributed by atoms with Crippen LogP contribution in [-0.4, -0.2) is 65.1 Å². The molecule has 0 saturated carbocycles. The standard InChI is InChI=1S/C15H26N2O4S/c1-6-17(7-2)11-10-16(3)22(18,19)13-8-9-14(20-4)15(12-13)21-5/h8-9,12H,6-7,10-11H2,1-5H3. The highest BCUT2D eigenvalue weighted by Gasteiger charge is 2.22. The Morgan fingerprint density at radius 2 is 1.59 bits per heavy atom. The Balaban J connectivity index is 2.93. The van der Waals surface area contributed by atoms with Crippen LogP contribution in [0.1, 0.15) is 13.8 Å². The molecule has 0 spiro atoms. The molecule has 1 aromatic carbocycles. The Labute approximate surface area is 133 Å². The monoisotopic (exact) mass is 330 g/mol. The Morgan fingerprint density at radius 3 is 2.09 bits per heavy atom. The van der Waals surface area contributed by atoms with Gasteiger partial charge in [-0.25, -0.2) is 8.42 Å². The number of benzene rings is 1. The minimum Gasteiger partial charge on any atom is -0.493 e. The number of nitrogens with zero attached hydrogens (tertiary/aromatic N) is 2. The quantitative estimate of drug-likeness (QED) is 0.689. The minimum atomic E-state index is -3.54. The minimum absolute atomic E-state index is 0.201. The molecule has 0 fully saturated rings. The molecule has 0 aliphatic rings. The van der Waals surface area contributed by atoms with Crippen molar-refractivity contribution in [1.82, 2.24) is 9.21 Å². The third-order valence-electron chi connectivity index (χ3n) is 3.69. The van der Waals surface area contributed by atoms with Gasteiger partial charge in [0, 0.05) is 26.2 Å². The number of rotatable bonds is 9. The number of likely N-dealkylation sites (N-methyl/N-ethyl adjacent to an activating group) is 2. The lowest BCUT2D eigenvalue weighted by molar-refractivity contribution is 0.282. The molecule has 0 unspecified atom stereocenters. The molecule has 1 aromatic rings. The highest BCUT2D eigenvalue weighted by Crippen LogP contribution is 2.30. The van der Waals surface area contributed by atoms with Gasteiger partial charge in [-0.2, -0.15) is 4.31 Å². The van der Waals surface area contributed by atoms with E-state index in [-0.39, 0.29) is 4.90 Å². The molecule has 0 N–H and O–H groups in total. The van der Waals surface area contributed by atoms with Gasteiger partial charge < -0.3 is 14.4 Å². The van der Waals surface area contributed by atoms with Crippen LogP contribution in [0.5, 0.6) is 11.5 Å². The van der Waals surface area contributed by atoms with Gasteiger partial charge in [0.2, 0.25) is 10.0 Å². The van der Waals surface area contributed by atoms with Gasteiger partial charge in [0.1, 0.15) is 0 Å². The number of methoxy groups -OCH3 is 2. The summed E-state index contributed by atoms with van der Waals surface area (Å²) in [4.78, 5) is 2.38. The number of hydrogen-bond donors (Lipinski definition) is 0. The topological polar surface area (TPSA) is 59.1 Å². The predicted molar refractivity (Wildman–Crippen MR) is 87.1 cm³/mol. The van der Waals surface area contributed by atoms with Crippen molar-refractivity contribution in [3.05, 3.63) is 18.2 Å². The fraction of sp³-hybridized carbons (Fsp3) is 0.600. The molecule has 0 bridgehead atoms. The summed E-state index contributed by atoms with van der Waals surface area (Å²) in [6.45, 7) is 7.08. The SMILES string of the molecule is CCN(CC)CCN(C)S(=O)(=O)c1ccc(OC)c(OC)c1. The molecular weight excluding hydrogens is 304 g/mol. The fourth-order valence-electron chi connectivity index (χ4n) is 2.10. The van der Waals surface area contributed by atoms with E-state index in [2.05, 4.69) is 18.7 Å². The van der Waals surface area contributed by atoms with E-state index in [9.17, 15) is 8.42 Å². The second-order valence-electron chi connectivity index (χ2n) is 4.87. The maximum atomic E-state index is 12.6. The van der Waals surface area contributed by atoms with Gasteiger partial charge in [-0.1, -0.05) is 13.8 Å². The Morgan fingerprint density at radius 1 is 1.00 bits per heavy atom. The van der Waals surface area contributed by atoms with E-state index < -0.39 is 10.0 Å². The van der Waals surface area contributed by atoms with Crippen molar-refractivity contribution < 1.29 is 17.9 Å². The smallest absolute Gasteiger partial charge is 0.242 e. The zero-order chi connectivity index (χ0) is 16.8. The van der Waals surface area contributed by atoms with Crippen molar-refractivity contribution in [3.63, 3.8) is 0 Å². The van der Waals surface area contributed by atoms with Crippen LogP contribution in [-0.2, 0) is 10.0 Å². The number of ether oxygens (including phenoxy) is 2. The van der Waals surface area contributed by atoms with Crippen molar-refractivity contribution in [3.8, 4) is 11.5 Å². The molecule has 0 saturated heterocycles. The van der Waals surface area contributed by atoms with Crippen LogP contribution in [0.3, 0.4) is 0 Å². The summed E-state index contributed by atoms with van der Waals surface area (Å²) >= 11 is 0. The van der Waals surface area contributed by atoms with Crippen molar-refractivity contribution in [2.45, 2.75) is 18.7 Å². The zero-order valence-electron chi connectivity index (χ0n) is 14.0. The van der Waals surface area contributed by atoms with Gasteiger partial charge >= 0.3 is 0 Å². The van der Waals surface area contributed by atoms with Gasteiger partial charge in [-0.15, -0.1) is 0 Å². The van der Waals surface area contributed by atoms with E-state index in [4.69, 9.17) is 9.47 Å². The van der Waals surface area contributed by atoms with E-state index in [1.165, 1.54) is 30.7 Å². The molecular formula is C15H26N2O4S. The highest BCUT2D eigenvalue weighted by atomic mass is 32.2. The Bertz CT molecular complexity index is 571. The van der Waals surface area contributed by atoms with E-state index in [0.717, 1.165) is 13.1 Å². The fourth-order valence-corrected chi connectivity index (χ4v) is 3.28. The van der Waals surface area contributed by atoms with Crippen molar-refractivity contribution in [2.24, 2.45) is 0 Å². The number of hydrogen-bond acceptors (Lipinski definition) is 5. The van der Waals surface area contributed by atoms with E-state index in [1.807, 2.05) is 0 Å². The van der Waals surface area contributed by atoms with Gasteiger partial charge in [0.25, 0.3) is 0 Å². The second-order valence-corrected chi connectivity index (χ2v) is 6.92. The third-order valence-corrected chi connectivity index (χ3v) is 5.54. The lowest BCUT2D eigenvalue weighted by Crippen LogP contribution is -2.36. The van der Waals surface area contributed by atoms with Crippen LogP contribution in [0.2, 0.25) is 0 Å². The van der Waals surface area contributed by atoms with Gasteiger partial charge in [0.15, 0.2) is 11.5 Å². The van der Waals surface area contributed by atoms with E-state index >= 15 is 0 Å². The Hall–Kier alpha value is -1.31. The molecule has 0 aliphatic carbocycles. The van der Waals surface area contributed by atoms with Crippen molar-refractivity contribution >= 4 is 10.0 Å². The summed E-state index contributed by atoms with van der Waals surface area (Å²) in [7, 11) is 1.06. The lowest BCUT2D eigenvalue weighted by Gasteiger charge is -2.23. The molecule has 0 atom stereocenters. The molecule has 0 amide bonds. The summed E-state index contributed by atoms with van der Waals surface area (Å²) in [6, 6.07) is 4.62. The maximum Gasteiger partial charge on any atom is 0.242 e. The van der Waals surface area contributed by atoms with Gasteiger partial charge in [-0.3, -0.25) is 0 Å². The molecule has 0 aliphatic heterocycles. The van der Waals surface area contributed by atoms with Crippen LogP contribution >= 0.6 is 0 Å².